The van der Waals surface area contributed by atoms with Crippen molar-refractivity contribution in [2.45, 2.75) is 47.7 Å². The van der Waals surface area contributed by atoms with Crippen LogP contribution in [-0.2, 0) is 35.9 Å². The summed E-state index contributed by atoms with van der Waals surface area (Å²) in [6.07, 6.45) is -0.894. The van der Waals surface area contributed by atoms with Crippen LogP contribution in [-0.4, -0.2) is 113 Å². The summed E-state index contributed by atoms with van der Waals surface area (Å²) in [5, 5.41) is 19.1. The molecule has 8 aromatic rings. The van der Waals surface area contributed by atoms with Crippen LogP contribution in [0.2, 0.25) is 0 Å². The predicted octanol–water partition coefficient (Wildman–Crippen LogP) is 11.4. The molecule has 74 heavy (non-hydrogen) atoms. The average Bonchev–Trinajstić information content (AvgIpc) is 4.27. The van der Waals surface area contributed by atoms with Crippen LogP contribution in [0.1, 0.15) is 47.3 Å². The maximum absolute atomic E-state index is 12.8. The predicted molar refractivity (Wildman–Crippen MR) is 268 cm³/mol. The van der Waals surface area contributed by atoms with Crippen molar-refractivity contribution in [3.63, 3.8) is 0 Å². The summed E-state index contributed by atoms with van der Waals surface area (Å²) in [5.74, 6) is 4.47. The van der Waals surface area contributed by atoms with E-state index in [0.29, 0.717) is 38.1 Å². The van der Waals surface area contributed by atoms with Crippen LogP contribution in [0.4, 0.5) is 26.3 Å². The molecule has 14 nitrogen and oxygen atoms in total. The van der Waals surface area contributed by atoms with Gasteiger partial charge in [-0.25, -0.2) is 9.97 Å². The Hall–Kier alpha value is -6.30. The van der Waals surface area contributed by atoms with Crippen LogP contribution in [0, 0.1) is 0 Å². The molecule has 2 aliphatic rings. The lowest BCUT2D eigenvalue weighted by Crippen LogP contribution is -2.39. The van der Waals surface area contributed by atoms with Crippen molar-refractivity contribution in [1.29, 1.82) is 0 Å². The highest BCUT2D eigenvalue weighted by Crippen LogP contribution is 2.34. The smallest absolute Gasteiger partial charge is 0.416 e. The van der Waals surface area contributed by atoms with Crippen molar-refractivity contribution in [3.8, 4) is 45.7 Å². The second-order valence-electron chi connectivity index (χ2n) is 17.5. The van der Waals surface area contributed by atoms with Crippen molar-refractivity contribution in [3.05, 3.63) is 144 Å². The Kier molecular flexibility index (Phi) is 17.0. The fourth-order valence-corrected chi connectivity index (χ4v) is 10.2. The van der Waals surface area contributed by atoms with Gasteiger partial charge in [0.05, 0.1) is 48.9 Å². The number of aromatic nitrogens is 8. The van der Waals surface area contributed by atoms with Crippen LogP contribution in [0.5, 0.6) is 0 Å². The fraction of sp³-hybridized carbons (Fsp3) is 0.346. The molecule has 0 amide bonds. The van der Waals surface area contributed by atoms with Gasteiger partial charge < -0.3 is 27.4 Å². The van der Waals surface area contributed by atoms with E-state index in [-0.39, 0.29) is 12.2 Å². The number of thioether (sulfide) groups is 2. The second kappa shape index (κ2) is 23.9. The van der Waals surface area contributed by atoms with Crippen LogP contribution >= 0.6 is 23.5 Å². The minimum absolute atomic E-state index is 0.222. The van der Waals surface area contributed by atoms with Gasteiger partial charge in [0.1, 0.15) is 12.5 Å². The number of hydrogen-bond acceptors (Lipinski definition) is 14. The third-order valence-corrected chi connectivity index (χ3v) is 14.7. The van der Waals surface area contributed by atoms with E-state index < -0.39 is 23.5 Å². The van der Waals surface area contributed by atoms with Gasteiger partial charge in [0.15, 0.2) is 22.0 Å². The minimum Gasteiger partial charge on any atom is -0.445 e. The topological polar surface area (TPSA) is 138 Å². The Bertz CT molecular complexity index is 2790. The van der Waals surface area contributed by atoms with Crippen LogP contribution in [0.15, 0.2) is 141 Å². The molecular formula is C52H52F6N10O4S2. The van der Waals surface area contributed by atoms with Gasteiger partial charge in [0.2, 0.25) is 11.8 Å². The monoisotopic (exact) mass is 1060 g/mol. The highest BCUT2D eigenvalue weighted by Gasteiger charge is 2.32. The van der Waals surface area contributed by atoms with E-state index in [0.717, 1.165) is 130 Å². The molecule has 0 aliphatic carbocycles. The summed E-state index contributed by atoms with van der Waals surface area (Å²) in [7, 11) is 3.91. The maximum atomic E-state index is 12.8. The molecule has 22 heteroatoms. The molecule has 2 saturated heterocycles. The molecule has 10 rings (SSSR count). The van der Waals surface area contributed by atoms with E-state index in [4.69, 9.17) is 18.3 Å². The lowest BCUT2D eigenvalue weighted by atomic mass is 10.1. The molecule has 0 N–H and O–H groups in total. The van der Waals surface area contributed by atoms with E-state index in [9.17, 15) is 26.3 Å². The molecule has 2 atom stereocenters. The third kappa shape index (κ3) is 13.3. The van der Waals surface area contributed by atoms with E-state index in [1.165, 1.54) is 24.3 Å². The van der Waals surface area contributed by atoms with Gasteiger partial charge in [-0.2, -0.15) is 26.3 Å². The van der Waals surface area contributed by atoms with Crippen molar-refractivity contribution >= 4 is 23.5 Å². The van der Waals surface area contributed by atoms with Gasteiger partial charge in [-0.05, 0) is 85.6 Å². The van der Waals surface area contributed by atoms with Crippen LogP contribution in [0.3, 0.4) is 0 Å². The number of benzene rings is 4. The number of hydrogen-bond donors (Lipinski definition) is 0. The molecule has 0 saturated carbocycles. The highest BCUT2D eigenvalue weighted by molar-refractivity contribution is 7.99. The molecule has 0 spiro atoms. The van der Waals surface area contributed by atoms with E-state index >= 15 is 0 Å². The van der Waals surface area contributed by atoms with E-state index in [1.54, 1.807) is 48.4 Å². The number of halogens is 6. The quantitative estimate of drug-likeness (QED) is 0.0515. The zero-order chi connectivity index (χ0) is 51.7. The molecule has 0 bridgehead atoms. The largest absolute Gasteiger partial charge is 0.445 e. The number of morpholine rings is 2. The van der Waals surface area contributed by atoms with Crippen LogP contribution in [0.25, 0.3) is 45.7 Å². The van der Waals surface area contributed by atoms with E-state index in [2.05, 4.69) is 40.2 Å². The summed E-state index contributed by atoms with van der Waals surface area (Å²) in [6.45, 7) is 5.79. The maximum Gasteiger partial charge on any atom is 0.416 e. The van der Waals surface area contributed by atoms with Gasteiger partial charge in [-0.15, -0.1) is 20.4 Å². The summed E-state index contributed by atoms with van der Waals surface area (Å²) < 4.78 is 103. The first-order valence-corrected chi connectivity index (χ1v) is 25.8. The van der Waals surface area contributed by atoms with Gasteiger partial charge in [0, 0.05) is 74.0 Å². The zero-order valence-electron chi connectivity index (χ0n) is 40.4. The Balaban J connectivity index is 0.000000182. The van der Waals surface area contributed by atoms with Gasteiger partial charge in [-0.1, -0.05) is 72.1 Å². The molecule has 2 aliphatic heterocycles. The lowest BCUT2D eigenvalue weighted by molar-refractivity contribution is -0.138. The molecular weight excluding hydrogens is 1010 g/mol. The number of alkyl halides is 6. The first-order chi connectivity index (χ1) is 35.8. The van der Waals surface area contributed by atoms with Gasteiger partial charge >= 0.3 is 12.4 Å². The Labute approximate surface area is 431 Å². The zero-order valence-corrected chi connectivity index (χ0v) is 42.0. The minimum atomic E-state index is -4.33. The number of oxazole rings is 2. The Morgan fingerprint density at radius 3 is 1.24 bits per heavy atom. The SMILES string of the molecule is Cn1c(SCCCN2CCO[C@@H](c3ccc(C(F)(F)F)cc3)C2)nnc1-c1ccc(-c2ncco2)cc1.Cn1c(SCCCN2CCO[C@H](c3ccc(C(F)(F)F)cc3)C2)nnc1-c1ccc(-c2ncco2)cc1. The van der Waals surface area contributed by atoms with Gasteiger partial charge in [-0.3, -0.25) is 9.80 Å². The fourth-order valence-electron chi connectivity index (χ4n) is 8.53. The van der Waals surface area contributed by atoms with Crippen molar-refractivity contribution < 1.29 is 44.7 Å². The number of nitrogens with zero attached hydrogens (tertiary/aromatic N) is 10. The van der Waals surface area contributed by atoms with E-state index in [1.807, 2.05) is 71.8 Å². The molecule has 4 aromatic carbocycles. The molecule has 388 valence electrons. The molecule has 4 aromatic heterocycles. The summed E-state index contributed by atoms with van der Waals surface area (Å²) >= 11 is 3.31. The van der Waals surface area contributed by atoms with Crippen molar-refractivity contribution in [2.75, 3.05) is 64.0 Å². The Morgan fingerprint density at radius 2 is 0.892 bits per heavy atom. The number of ether oxygens (including phenoxy) is 2. The lowest BCUT2D eigenvalue weighted by Gasteiger charge is -2.33. The first kappa shape index (κ1) is 52.6. The van der Waals surface area contributed by atoms with Crippen molar-refractivity contribution in [2.24, 2.45) is 14.1 Å². The van der Waals surface area contributed by atoms with Gasteiger partial charge in [0.25, 0.3) is 0 Å². The standard InChI is InChI=1S/2C26H26F3N5O2S/c2*1-33-23(19-3-5-20(6-4-19)24-30-11-14-36-24)31-32-25(33)37-16-2-12-34-13-15-35-22(17-34)18-7-9-21(10-8-18)26(27,28)29/h2*3-11,14,22H,2,12-13,15-17H2,1H3/t2*22-/m10/s1. The van der Waals surface area contributed by atoms with Crippen LogP contribution < -0.4 is 0 Å². The number of rotatable bonds is 16. The first-order valence-electron chi connectivity index (χ1n) is 23.8. The molecule has 6 heterocycles. The molecule has 0 radical (unpaired) electrons. The average molecular weight is 1060 g/mol. The highest BCUT2D eigenvalue weighted by atomic mass is 32.2. The normalized spacial score (nSPS) is 16.8. The Morgan fingerprint density at radius 1 is 0.514 bits per heavy atom. The third-order valence-electron chi connectivity index (χ3n) is 12.5. The molecule has 0 unspecified atom stereocenters. The summed E-state index contributed by atoms with van der Waals surface area (Å²) in [4.78, 5) is 12.9. The molecule has 2 fully saturated rings. The summed E-state index contributed by atoms with van der Waals surface area (Å²) in [5.41, 5.74) is 3.97. The van der Waals surface area contributed by atoms with Crippen molar-refractivity contribution in [1.82, 2.24) is 49.3 Å². The second-order valence-corrected chi connectivity index (χ2v) is 19.6. The summed E-state index contributed by atoms with van der Waals surface area (Å²) in [6, 6.07) is 26.2.